The number of ether oxygens (including phenoxy) is 1. The minimum absolute atomic E-state index is 0.0331. The summed E-state index contributed by atoms with van der Waals surface area (Å²) >= 11 is 1.43. The van der Waals surface area contributed by atoms with Crippen LogP contribution in [0.15, 0.2) is 60.0 Å². The van der Waals surface area contributed by atoms with Crippen molar-refractivity contribution in [1.82, 2.24) is 20.8 Å². The summed E-state index contributed by atoms with van der Waals surface area (Å²) in [6.07, 6.45) is 5.08. The molecule has 9 heteroatoms. The predicted octanol–water partition coefficient (Wildman–Crippen LogP) is 3.68. The number of carbonyl (C=O) groups is 1. The molecule has 3 N–H and O–H groups in total. The largest absolute Gasteiger partial charge is 0.494 e. The third kappa shape index (κ3) is 4.58. The van der Waals surface area contributed by atoms with E-state index in [1.54, 1.807) is 0 Å². The molecule has 3 aliphatic heterocycles. The fraction of sp³-hybridized carbons (Fsp3) is 0.360. The Kier molecular flexibility index (Phi) is 6.38. The number of aryl methyl sites for hydroxylation is 2. The normalized spacial score (nSPS) is 22.7. The van der Waals surface area contributed by atoms with Crippen LogP contribution in [0, 0.1) is 13.8 Å². The predicted molar refractivity (Wildman–Crippen MR) is 136 cm³/mol. The van der Waals surface area contributed by atoms with Crippen molar-refractivity contribution >= 4 is 28.5 Å². The fourth-order valence-electron chi connectivity index (χ4n) is 4.48. The Morgan fingerprint density at radius 3 is 2.76 bits per heavy atom. The van der Waals surface area contributed by atoms with E-state index in [-0.39, 0.29) is 29.9 Å². The summed E-state index contributed by atoms with van der Waals surface area (Å²) in [5.41, 5.74) is 11.6. The molecule has 0 saturated carbocycles. The Morgan fingerprint density at radius 2 is 2.00 bits per heavy atom. The van der Waals surface area contributed by atoms with Crippen LogP contribution in [0.2, 0.25) is 0 Å². The second-order valence-corrected chi connectivity index (χ2v) is 9.65. The van der Waals surface area contributed by atoms with Crippen molar-refractivity contribution in [2.75, 3.05) is 17.7 Å². The number of amides is 1. The Morgan fingerprint density at radius 1 is 1.18 bits per heavy atom. The van der Waals surface area contributed by atoms with Crippen molar-refractivity contribution in [3.8, 4) is 5.75 Å². The lowest BCUT2D eigenvalue weighted by atomic mass is 9.97. The Bertz CT molecular complexity index is 1120. The number of anilines is 1. The molecule has 3 atom stereocenters. The average molecular weight is 479 g/mol. The first-order chi connectivity index (χ1) is 16.5. The number of hydrogen-bond donors (Lipinski definition) is 3. The monoisotopic (exact) mass is 478 g/mol. The van der Waals surface area contributed by atoms with Gasteiger partial charge in [-0.3, -0.25) is 10.2 Å². The number of amidine groups is 1. The molecule has 3 unspecified atom stereocenters. The van der Waals surface area contributed by atoms with Gasteiger partial charge < -0.3 is 20.0 Å². The molecule has 3 aliphatic rings. The molecule has 0 aromatic heterocycles. The maximum absolute atomic E-state index is 12.5. The molecular weight excluding hydrogens is 448 g/mol. The van der Waals surface area contributed by atoms with Gasteiger partial charge in [-0.15, -0.1) is 0 Å². The quantitative estimate of drug-likeness (QED) is 0.584. The smallest absolute Gasteiger partial charge is 0.234 e. The van der Waals surface area contributed by atoms with E-state index in [4.69, 9.17) is 4.74 Å². The lowest BCUT2D eigenvalue weighted by molar-refractivity contribution is -0.113. The van der Waals surface area contributed by atoms with Gasteiger partial charge in [0.2, 0.25) is 5.91 Å². The minimum atomic E-state index is -0.0692. The summed E-state index contributed by atoms with van der Waals surface area (Å²) < 4.78 is 5.44. The van der Waals surface area contributed by atoms with E-state index in [9.17, 15) is 4.79 Å². The number of thioether (sulfide) groups is 1. The molecule has 2 aromatic rings. The number of hydrogen-bond acceptors (Lipinski definition) is 8. The highest BCUT2D eigenvalue weighted by atomic mass is 32.2. The molecule has 34 heavy (non-hydrogen) atoms. The van der Waals surface area contributed by atoms with Crippen LogP contribution in [0.1, 0.15) is 36.1 Å². The van der Waals surface area contributed by atoms with Crippen molar-refractivity contribution in [1.29, 1.82) is 0 Å². The number of nitrogens with zero attached hydrogens (tertiary/aromatic N) is 3. The molecule has 178 valence electrons. The van der Waals surface area contributed by atoms with Crippen LogP contribution in [-0.4, -0.2) is 45.6 Å². The zero-order chi connectivity index (χ0) is 23.7. The molecule has 0 radical (unpaired) electrons. The highest BCUT2D eigenvalue weighted by Gasteiger charge is 2.44. The van der Waals surface area contributed by atoms with Crippen LogP contribution >= 0.6 is 11.8 Å². The zero-order valence-corrected chi connectivity index (χ0v) is 20.4. The third-order valence-corrected chi connectivity index (χ3v) is 7.39. The number of benzene rings is 2. The molecule has 0 spiro atoms. The van der Waals surface area contributed by atoms with Crippen molar-refractivity contribution < 1.29 is 9.53 Å². The standard InChI is InChI=1S/C25H30N6O2S/c1-4-33-20-9-7-19(8-10-20)26-23(32)15-34-25-28-27-24-22-14-21(29-31(22)12-11-30(24)25)18-6-5-16(2)17(3)13-18/h5-13,21-22,24,27,29H,4,14-15H2,1-3H3,(H,26,32). The van der Waals surface area contributed by atoms with Gasteiger partial charge in [0.1, 0.15) is 11.9 Å². The van der Waals surface area contributed by atoms with E-state index in [0.29, 0.717) is 6.61 Å². The summed E-state index contributed by atoms with van der Waals surface area (Å²) in [7, 11) is 0. The van der Waals surface area contributed by atoms with Crippen molar-refractivity contribution in [2.24, 2.45) is 5.10 Å². The van der Waals surface area contributed by atoms with Crippen molar-refractivity contribution in [3.05, 3.63) is 71.6 Å². The first kappa shape index (κ1) is 22.6. The van der Waals surface area contributed by atoms with Crippen LogP contribution in [0.25, 0.3) is 0 Å². The zero-order valence-electron chi connectivity index (χ0n) is 19.6. The minimum Gasteiger partial charge on any atom is -0.494 e. The third-order valence-electron chi connectivity index (χ3n) is 6.42. The van der Waals surface area contributed by atoms with E-state index in [0.717, 1.165) is 23.0 Å². The number of hydrazine groups is 1. The highest BCUT2D eigenvalue weighted by molar-refractivity contribution is 8.14. The lowest BCUT2D eigenvalue weighted by Gasteiger charge is -2.36. The lowest BCUT2D eigenvalue weighted by Crippen LogP contribution is -2.54. The molecule has 8 nitrogen and oxygen atoms in total. The second kappa shape index (κ2) is 9.60. The molecule has 2 aromatic carbocycles. The van der Waals surface area contributed by atoms with Gasteiger partial charge >= 0.3 is 0 Å². The van der Waals surface area contributed by atoms with Gasteiger partial charge in [-0.05, 0) is 68.1 Å². The number of nitrogens with one attached hydrogen (secondary N) is 3. The number of rotatable bonds is 6. The first-order valence-corrected chi connectivity index (χ1v) is 12.6. The van der Waals surface area contributed by atoms with Crippen LogP contribution in [0.5, 0.6) is 5.75 Å². The summed E-state index contributed by atoms with van der Waals surface area (Å²) in [6.45, 7) is 6.86. The SMILES string of the molecule is CCOc1ccc(NC(=O)CSC2=NNC3C4CC(c5ccc(C)c(C)c5)NN4C=CN23)cc1. The van der Waals surface area contributed by atoms with Crippen molar-refractivity contribution in [3.63, 3.8) is 0 Å². The molecule has 1 fully saturated rings. The van der Waals surface area contributed by atoms with Crippen LogP contribution in [0.4, 0.5) is 5.69 Å². The van der Waals surface area contributed by atoms with Crippen LogP contribution in [0.3, 0.4) is 0 Å². The van der Waals surface area contributed by atoms with Gasteiger partial charge in [0.05, 0.1) is 24.4 Å². The average Bonchev–Trinajstić information content (AvgIpc) is 3.45. The van der Waals surface area contributed by atoms with Crippen LogP contribution in [-0.2, 0) is 4.79 Å². The number of fused-ring (bicyclic) bond motifs is 3. The molecule has 1 amide bonds. The van der Waals surface area contributed by atoms with E-state index >= 15 is 0 Å². The van der Waals surface area contributed by atoms with Gasteiger partial charge in [0, 0.05) is 18.1 Å². The van der Waals surface area contributed by atoms with E-state index in [1.807, 2.05) is 37.4 Å². The van der Waals surface area contributed by atoms with Gasteiger partial charge in [-0.25, -0.2) is 5.43 Å². The summed E-state index contributed by atoms with van der Waals surface area (Å²) in [5, 5.41) is 10.4. The van der Waals surface area contributed by atoms with E-state index < -0.39 is 0 Å². The first-order valence-electron chi connectivity index (χ1n) is 11.6. The maximum atomic E-state index is 12.5. The van der Waals surface area contributed by atoms with E-state index in [1.165, 1.54) is 28.5 Å². The van der Waals surface area contributed by atoms with Gasteiger partial charge in [0.15, 0.2) is 5.17 Å². The van der Waals surface area contributed by atoms with Gasteiger partial charge in [-0.1, -0.05) is 30.0 Å². The summed E-state index contributed by atoms with van der Waals surface area (Å²) in [5.74, 6) is 1.00. The molecule has 0 aliphatic carbocycles. The van der Waals surface area contributed by atoms with E-state index in [2.05, 4.69) is 69.4 Å². The molecular formula is C25H30N6O2S. The highest BCUT2D eigenvalue weighted by Crippen LogP contribution is 2.35. The Balaban J connectivity index is 1.16. The molecule has 5 rings (SSSR count). The topological polar surface area (TPSA) is 81.2 Å². The second-order valence-electron chi connectivity index (χ2n) is 8.70. The fourth-order valence-corrected chi connectivity index (χ4v) is 5.25. The van der Waals surface area contributed by atoms with Crippen LogP contribution < -0.4 is 20.9 Å². The molecule has 1 saturated heterocycles. The summed E-state index contributed by atoms with van der Waals surface area (Å²) in [4.78, 5) is 14.6. The molecule has 3 heterocycles. The molecule has 0 bridgehead atoms. The summed E-state index contributed by atoms with van der Waals surface area (Å²) in [6, 6.07) is 14.6. The van der Waals surface area contributed by atoms with Crippen molar-refractivity contribution in [2.45, 2.75) is 45.4 Å². The number of carbonyl (C=O) groups excluding carboxylic acids is 1. The number of hydrazone groups is 1. The van der Waals surface area contributed by atoms with Gasteiger partial charge in [0.25, 0.3) is 0 Å². The Hall–Kier alpha value is -3.17. The Labute approximate surface area is 204 Å². The van der Waals surface area contributed by atoms with Gasteiger partial charge in [-0.2, -0.15) is 5.10 Å². The maximum Gasteiger partial charge on any atom is 0.234 e.